The van der Waals surface area contributed by atoms with Crippen LogP contribution in [0.2, 0.25) is 5.02 Å². The maximum atomic E-state index is 13.5. The Bertz CT molecular complexity index is 1130. The topological polar surface area (TPSA) is 74.8 Å². The molecule has 3 amide bonds. The highest BCUT2D eigenvalue weighted by atomic mass is 35.5. The molecule has 0 N–H and O–H groups in total. The molecule has 1 saturated carbocycles. The molecule has 6 nitrogen and oxygen atoms in total. The van der Waals surface area contributed by atoms with Gasteiger partial charge in [-0.3, -0.25) is 19.2 Å². The van der Waals surface area contributed by atoms with Crippen molar-refractivity contribution >= 4 is 35.1 Å². The van der Waals surface area contributed by atoms with E-state index < -0.39 is 36.1 Å². The highest BCUT2D eigenvalue weighted by Crippen LogP contribution is 2.41. The highest BCUT2D eigenvalue weighted by Gasteiger charge is 2.52. The number of carbonyl (C=O) groups is 4. The van der Waals surface area contributed by atoms with Gasteiger partial charge in [-0.15, -0.1) is 0 Å². The van der Waals surface area contributed by atoms with E-state index in [1.165, 1.54) is 12.1 Å². The number of hydrogen-bond donors (Lipinski definition) is 0. The molecule has 1 saturated heterocycles. The number of hydrogen-bond acceptors (Lipinski definition) is 4. The Morgan fingerprint density at radius 3 is 2.24 bits per heavy atom. The minimum Gasteiger partial charge on any atom is -0.292 e. The maximum absolute atomic E-state index is 13.5. The van der Waals surface area contributed by atoms with Crippen molar-refractivity contribution in [3.05, 3.63) is 69.7 Å². The molecule has 4 rings (SSSR count). The molecule has 0 spiro atoms. The number of halogens is 1. The monoisotopic (exact) mass is 466 g/mol. The zero-order chi connectivity index (χ0) is 23.9. The Labute approximate surface area is 198 Å². The number of ketones is 1. The molecular weight excluding hydrogens is 440 g/mol. The number of imide groups is 1. The molecule has 2 fully saturated rings. The predicted molar refractivity (Wildman–Crippen MR) is 125 cm³/mol. The molecule has 2 aliphatic rings. The summed E-state index contributed by atoms with van der Waals surface area (Å²) in [4.78, 5) is 53.3. The Balaban J connectivity index is 1.69. The normalized spacial score (nSPS) is 22.3. The van der Waals surface area contributed by atoms with Crippen molar-refractivity contribution in [2.24, 2.45) is 17.8 Å². The number of fused-ring (bicyclic) bond motifs is 1. The predicted octanol–water partition coefficient (Wildman–Crippen LogP) is 4.62. The van der Waals surface area contributed by atoms with Crippen LogP contribution in [0.15, 0.2) is 42.5 Å². The number of rotatable bonds is 5. The van der Waals surface area contributed by atoms with E-state index in [0.29, 0.717) is 29.3 Å². The van der Waals surface area contributed by atoms with E-state index in [-0.39, 0.29) is 11.3 Å². The van der Waals surface area contributed by atoms with Crippen LogP contribution in [0.5, 0.6) is 0 Å². The van der Waals surface area contributed by atoms with Crippen molar-refractivity contribution in [3.63, 3.8) is 0 Å². The SMILES string of the molecule is Cc1ccc(C(=O)CN(C(=O)c2ccc(Cl)cc2)N2C(=O)[C@H]3C[C@H](C)CC[C@H]3C2=O)cc1C. The molecular formula is C26H27ClN2O4. The second kappa shape index (κ2) is 9.10. The van der Waals surface area contributed by atoms with E-state index in [0.717, 1.165) is 27.6 Å². The van der Waals surface area contributed by atoms with Crippen LogP contribution in [0.4, 0.5) is 0 Å². The van der Waals surface area contributed by atoms with Gasteiger partial charge in [0, 0.05) is 16.1 Å². The summed E-state index contributed by atoms with van der Waals surface area (Å²) < 4.78 is 0. The van der Waals surface area contributed by atoms with Crippen LogP contribution in [0.25, 0.3) is 0 Å². The summed E-state index contributed by atoms with van der Waals surface area (Å²) in [5, 5.41) is 2.41. The third-order valence-corrected chi connectivity index (χ3v) is 7.11. The van der Waals surface area contributed by atoms with E-state index in [2.05, 4.69) is 6.92 Å². The summed E-state index contributed by atoms with van der Waals surface area (Å²) in [7, 11) is 0. The van der Waals surface area contributed by atoms with Crippen LogP contribution in [-0.4, -0.2) is 40.1 Å². The van der Waals surface area contributed by atoms with Crippen molar-refractivity contribution in [1.82, 2.24) is 10.0 Å². The van der Waals surface area contributed by atoms with E-state index in [1.807, 2.05) is 19.9 Å². The first-order valence-corrected chi connectivity index (χ1v) is 11.6. The third kappa shape index (κ3) is 4.44. The molecule has 1 aliphatic heterocycles. The van der Waals surface area contributed by atoms with E-state index in [4.69, 9.17) is 11.6 Å². The van der Waals surface area contributed by atoms with Gasteiger partial charge in [-0.05, 0) is 80.5 Å². The minimum absolute atomic E-state index is 0.246. The van der Waals surface area contributed by atoms with Gasteiger partial charge < -0.3 is 0 Å². The lowest BCUT2D eigenvalue weighted by Gasteiger charge is -2.30. The number of amides is 3. The highest BCUT2D eigenvalue weighted by molar-refractivity contribution is 6.30. The van der Waals surface area contributed by atoms with Gasteiger partial charge in [0.1, 0.15) is 6.54 Å². The van der Waals surface area contributed by atoms with Gasteiger partial charge in [0.25, 0.3) is 17.7 Å². The lowest BCUT2D eigenvalue weighted by Crippen LogP contribution is -2.52. The average molecular weight is 467 g/mol. The Kier molecular flexibility index (Phi) is 6.39. The molecule has 172 valence electrons. The number of nitrogens with zero attached hydrogens (tertiary/aromatic N) is 2. The summed E-state index contributed by atoms with van der Waals surface area (Å²) in [6, 6.07) is 11.5. The third-order valence-electron chi connectivity index (χ3n) is 6.85. The molecule has 2 aromatic carbocycles. The standard InChI is InChI=1S/C26H27ClN2O4/c1-15-4-11-21-22(12-15)26(33)29(25(21)32)28(24(31)18-7-9-20(27)10-8-18)14-23(30)19-6-5-16(2)17(3)13-19/h5-10,13,15,21-22H,4,11-12,14H2,1-3H3/t15-,21-,22+/m1/s1. The Morgan fingerprint density at radius 1 is 0.939 bits per heavy atom. The lowest BCUT2D eigenvalue weighted by atomic mass is 9.76. The number of hydrazine groups is 1. The lowest BCUT2D eigenvalue weighted by molar-refractivity contribution is -0.154. The molecule has 0 radical (unpaired) electrons. The molecule has 1 heterocycles. The van der Waals surface area contributed by atoms with Crippen LogP contribution < -0.4 is 0 Å². The largest absolute Gasteiger partial charge is 0.292 e. The molecule has 3 atom stereocenters. The van der Waals surface area contributed by atoms with Gasteiger partial charge in [0.2, 0.25) is 0 Å². The molecule has 1 aliphatic carbocycles. The first kappa shape index (κ1) is 23.2. The molecule has 0 aromatic heterocycles. The number of Topliss-reactive ketones (excluding diaryl/α,β-unsaturated/α-hetero) is 1. The molecule has 2 aromatic rings. The van der Waals surface area contributed by atoms with Gasteiger partial charge in [-0.2, -0.15) is 5.01 Å². The summed E-state index contributed by atoms with van der Waals surface area (Å²) >= 11 is 5.96. The van der Waals surface area contributed by atoms with Crippen molar-refractivity contribution < 1.29 is 19.2 Å². The average Bonchev–Trinajstić information content (AvgIpc) is 3.03. The maximum Gasteiger partial charge on any atom is 0.273 e. The van der Waals surface area contributed by atoms with Crippen LogP contribution in [0, 0.1) is 31.6 Å². The Morgan fingerprint density at radius 2 is 1.58 bits per heavy atom. The van der Waals surface area contributed by atoms with Gasteiger partial charge in [0.15, 0.2) is 5.78 Å². The Hall–Kier alpha value is -2.99. The zero-order valence-electron chi connectivity index (χ0n) is 19.0. The fraction of sp³-hybridized carbons (Fsp3) is 0.385. The van der Waals surface area contributed by atoms with Crippen molar-refractivity contribution in [2.45, 2.75) is 40.0 Å². The summed E-state index contributed by atoms with van der Waals surface area (Å²) in [5.41, 5.74) is 2.67. The first-order valence-electron chi connectivity index (χ1n) is 11.2. The zero-order valence-corrected chi connectivity index (χ0v) is 19.8. The van der Waals surface area contributed by atoms with Crippen LogP contribution >= 0.6 is 11.6 Å². The quantitative estimate of drug-likeness (QED) is 0.476. The minimum atomic E-state index is -0.586. The fourth-order valence-electron chi connectivity index (χ4n) is 4.73. The van der Waals surface area contributed by atoms with Crippen molar-refractivity contribution in [3.8, 4) is 0 Å². The second-order valence-electron chi connectivity index (χ2n) is 9.21. The summed E-state index contributed by atoms with van der Waals surface area (Å²) in [6.07, 6.45) is 2.08. The van der Waals surface area contributed by atoms with Crippen molar-refractivity contribution in [1.29, 1.82) is 0 Å². The van der Waals surface area contributed by atoms with Gasteiger partial charge >= 0.3 is 0 Å². The number of benzene rings is 2. The molecule has 0 bridgehead atoms. The smallest absolute Gasteiger partial charge is 0.273 e. The van der Waals surface area contributed by atoms with Crippen molar-refractivity contribution in [2.75, 3.05) is 6.54 Å². The molecule has 0 unspecified atom stereocenters. The van der Waals surface area contributed by atoms with E-state index in [9.17, 15) is 19.2 Å². The van der Waals surface area contributed by atoms with E-state index in [1.54, 1.807) is 24.3 Å². The number of carbonyl (C=O) groups excluding carboxylic acids is 4. The number of aryl methyl sites for hydroxylation is 2. The van der Waals surface area contributed by atoms with Crippen LogP contribution in [0.1, 0.15) is 58.0 Å². The molecule has 33 heavy (non-hydrogen) atoms. The first-order chi connectivity index (χ1) is 15.7. The fourth-order valence-corrected chi connectivity index (χ4v) is 4.85. The summed E-state index contributed by atoms with van der Waals surface area (Å²) in [6.45, 7) is 5.51. The van der Waals surface area contributed by atoms with Crippen LogP contribution in [0.3, 0.4) is 0 Å². The van der Waals surface area contributed by atoms with Crippen LogP contribution in [-0.2, 0) is 9.59 Å². The summed E-state index contributed by atoms with van der Waals surface area (Å²) in [5.74, 6) is -2.27. The van der Waals surface area contributed by atoms with Gasteiger partial charge in [-0.1, -0.05) is 30.7 Å². The molecule has 7 heteroatoms. The second-order valence-corrected chi connectivity index (χ2v) is 9.65. The van der Waals surface area contributed by atoms with Gasteiger partial charge in [0.05, 0.1) is 11.8 Å². The van der Waals surface area contributed by atoms with E-state index >= 15 is 0 Å². The van der Waals surface area contributed by atoms with Gasteiger partial charge in [-0.25, -0.2) is 5.01 Å².